The van der Waals surface area contributed by atoms with Gasteiger partial charge in [0, 0.05) is 38.3 Å². The molecule has 1 fully saturated rings. The molecule has 1 saturated heterocycles. The van der Waals surface area contributed by atoms with Crippen molar-refractivity contribution < 1.29 is 9.53 Å². The van der Waals surface area contributed by atoms with Crippen LogP contribution in [-0.2, 0) is 4.74 Å². The zero-order chi connectivity index (χ0) is 14.0. The quantitative estimate of drug-likeness (QED) is 0.809. The minimum Gasteiger partial charge on any atom is -0.444 e. The average Bonchev–Trinajstić information content (AvgIpc) is 2.27. The Labute approximate surface area is 110 Å². The van der Waals surface area contributed by atoms with E-state index in [0.29, 0.717) is 19.6 Å². The first-order valence-corrected chi connectivity index (χ1v) is 6.59. The number of carbonyl (C=O) groups excluding carboxylic acids is 1. The van der Waals surface area contributed by atoms with Crippen LogP contribution in [0.15, 0.2) is 0 Å². The molecule has 5 nitrogen and oxygen atoms in total. The van der Waals surface area contributed by atoms with Gasteiger partial charge >= 0.3 is 6.09 Å². The predicted octanol–water partition coefficient (Wildman–Crippen LogP) is 1.28. The van der Waals surface area contributed by atoms with E-state index in [1.807, 2.05) is 20.8 Å². The lowest BCUT2D eigenvalue weighted by Crippen LogP contribution is -2.58. The van der Waals surface area contributed by atoms with Crippen LogP contribution in [-0.4, -0.2) is 59.8 Å². The van der Waals surface area contributed by atoms with Gasteiger partial charge in [0.05, 0.1) is 0 Å². The smallest absolute Gasteiger partial charge is 0.410 e. The van der Waals surface area contributed by atoms with Gasteiger partial charge in [-0.1, -0.05) is 0 Å². The highest BCUT2D eigenvalue weighted by Gasteiger charge is 2.31. The van der Waals surface area contributed by atoms with Crippen LogP contribution >= 0.6 is 0 Å². The molecule has 1 aliphatic rings. The summed E-state index contributed by atoms with van der Waals surface area (Å²) in [6.07, 6.45) is -0.215. The van der Waals surface area contributed by atoms with Gasteiger partial charge in [0.25, 0.3) is 0 Å². The fourth-order valence-corrected chi connectivity index (χ4v) is 1.95. The maximum Gasteiger partial charge on any atom is 0.410 e. The van der Waals surface area contributed by atoms with Crippen molar-refractivity contribution in [2.45, 2.75) is 45.8 Å². The van der Waals surface area contributed by atoms with Crippen molar-refractivity contribution in [1.29, 1.82) is 0 Å². The molecule has 0 aromatic rings. The fourth-order valence-electron chi connectivity index (χ4n) is 1.95. The van der Waals surface area contributed by atoms with Gasteiger partial charge in [0.1, 0.15) is 5.60 Å². The van der Waals surface area contributed by atoms with Gasteiger partial charge in [-0.15, -0.1) is 0 Å². The summed E-state index contributed by atoms with van der Waals surface area (Å²) in [5.74, 6) is 0. The van der Waals surface area contributed by atoms with Crippen molar-refractivity contribution >= 4 is 6.09 Å². The first-order valence-electron chi connectivity index (χ1n) is 6.59. The van der Waals surface area contributed by atoms with Gasteiger partial charge < -0.3 is 15.4 Å². The Hall–Kier alpha value is -0.810. The maximum absolute atomic E-state index is 11.9. The third-order valence-corrected chi connectivity index (χ3v) is 3.29. The highest BCUT2D eigenvalue weighted by atomic mass is 16.6. The normalized spacial score (nSPS) is 18.9. The number of ether oxygens (including phenoxy) is 1. The van der Waals surface area contributed by atoms with Crippen molar-refractivity contribution in [3.05, 3.63) is 0 Å². The second kappa shape index (κ2) is 5.45. The Bertz CT molecular complexity index is 289. The lowest BCUT2D eigenvalue weighted by molar-refractivity contribution is 0.00311. The van der Waals surface area contributed by atoms with E-state index in [9.17, 15) is 4.79 Å². The van der Waals surface area contributed by atoms with Crippen LogP contribution in [0.25, 0.3) is 0 Å². The highest BCUT2D eigenvalue weighted by Crippen LogP contribution is 2.17. The molecular weight excluding hydrogens is 230 g/mol. The molecule has 0 atom stereocenters. The van der Waals surface area contributed by atoms with E-state index in [-0.39, 0.29) is 11.6 Å². The Morgan fingerprint density at radius 1 is 1.11 bits per heavy atom. The number of nitrogens with zero attached hydrogens (tertiary/aromatic N) is 2. The Balaban J connectivity index is 2.47. The molecule has 0 aromatic carbocycles. The van der Waals surface area contributed by atoms with Crippen LogP contribution in [0.4, 0.5) is 4.79 Å². The average molecular weight is 257 g/mol. The van der Waals surface area contributed by atoms with E-state index in [2.05, 4.69) is 18.7 Å². The Morgan fingerprint density at radius 2 is 1.61 bits per heavy atom. The highest BCUT2D eigenvalue weighted by molar-refractivity contribution is 5.68. The monoisotopic (exact) mass is 257 g/mol. The molecule has 1 aliphatic heterocycles. The number of hydrogen-bond acceptors (Lipinski definition) is 4. The number of amides is 1. The van der Waals surface area contributed by atoms with Gasteiger partial charge in [-0.05, 0) is 34.6 Å². The van der Waals surface area contributed by atoms with Crippen molar-refractivity contribution in [3.8, 4) is 0 Å². The van der Waals surface area contributed by atoms with E-state index in [0.717, 1.165) is 13.1 Å². The van der Waals surface area contributed by atoms with Crippen LogP contribution in [0.2, 0.25) is 0 Å². The number of hydrogen-bond donors (Lipinski definition) is 1. The summed E-state index contributed by atoms with van der Waals surface area (Å²) in [6.45, 7) is 13.7. The summed E-state index contributed by atoms with van der Waals surface area (Å²) in [7, 11) is 0. The minimum absolute atomic E-state index is 0.0000217. The molecule has 0 bridgehead atoms. The zero-order valence-corrected chi connectivity index (χ0v) is 12.3. The van der Waals surface area contributed by atoms with Crippen LogP contribution in [0, 0.1) is 0 Å². The van der Waals surface area contributed by atoms with Gasteiger partial charge in [0.2, 0.25) is 0 Å². The van der Waals surface area contributed by atoms with Gasteiger partial charge in [0.15, 0.2) is 0 Å². The molecule has 1 rings (SSSR count). The predicted molar refractivity (Wildman–Crippen MR) is 72.5 cm³/mol. The summed E-state index contributed by atoms with van der Waals surface area (Å²) in [5.41, 5.74) is 5.34. The van der Waals surface area contributed by atoms with Gasteiger partial charge in [-0.25, -0.2) is 4.79 Å². The third kappa shape index (κ3) is 4.14. The second-order valence-electron chi connectivity index (χ2n) is 6.47. The molecule has 1 amide bonds. The molecule has 106 valence electrons. The molecule has 0 radical (unpaired) electrons. The molecule has 18 heavy (non-hydrogen) atoms. The Morgan fingerprint density at radius 3 is 2.00 bits per heavy atom. The van der Waals surface area contributed by atoms with Crippen molar-refractivity contribution in [2.24, 2.45) is 5.73 Å². The first-order chi connectivity index (χ1) is 8.15. The number of piperazine rings is 1. The molecule has 2 N–H and O–H groups in total. The largest absolute Gasteiger partial charge is 0.444 e. The molecule has 0 spiro atoms. The third-order valence-electron chi connectivity index (χ3n) is 3.29. The van der Waals surface area contributed by atoms with Crippen molar-refractivity contribution in [2.75, 3.05) is 32.7 Å². The Kier molecular flexibility index (Phi) is 4.61. The van der Waals surface area contributed by atoms with E-state index in [1.165, 1.54) is 0 Å². The number of nitrogens with two attached hydrogens (primary N) is 1. The van der Waals surface area contributed by atoms with E-state index in [4.69, 9.17) is 10.5 Å². The maximum atomic E-state index is 11.9. The summed E-state index contributed by atoms with van der Waals surface area (Å²) >= 11 is 0. The van der Waals surface area contributed by atoms with Crippen LogP contribution in [0.3, 0.4) is 0 Å². The standard InChI is InChI=1S/C13H27N3O2/c1-12(2,3)18-11(17)15-6-8-16(9-7-15)13(4,5)10-14/h6-10,14H2,1-5H3. The van der Waals surface area contributed by atoms with Gasteiger partial charge in [-0.2, -0.15) is 0 Å². The molecule has 1 heterocycles. The zero-order valence-electron chi connectivity index (χ0n) is 12.3. The molecule has 0 aliphatic carbocycles. The van der Waals surface area contributed by atoms with Crippen LogP contribution in [0.1, 0.15) is 34.6 Å². The fraction of sp³-hybridized carbons (Fsp3) is 0.923. The SMILES string of the molecule is CC(C)(C)OC(=O)N1CCN(C(C)(C)CN)CC1. The number of carbonyl (C=O) groups is 1. The van der Waals surface area contributed by atoms with Crippen molar-refractivity contribution in [1.82, 2.24) is 9.80 Å². The van der Waals surface area contributed by atoms with E-state index >= 15 is 0 Å². The number of rotatable bonds is 2. The van der Waals surface area contributed by atoms with E-state index in [1.54, 1.807) is 4.90 Å². The minimum atomic E-state index is -0.426. The summed E-state index contributed by atoms with van der Waals surface area (Å²) in [5, 5.41) is 0. The summed E-state index contributed by atoms with van der Waals surface area (Å²) < 4.78 is 5.37. The van der Waals surface area contributed by atoms with Gasteiger partial charge in [-0.3, -0.25) is 4.90 Å². The summed E-state index contributed by atoms with van der Waals surface area (Å²) in [6, 6.07) is 0. The second-order valence-corrected chi connectivity index (χ2v) is 6.47. The lowest BCUT2D eigenvalue weighted by Gasteiger charge is -2.43. The first kappa shape index (κ1) is 15.2. The topological polar surface area (TPSA) is 58.8 Å². The molecule has 5 heteroatoms. The van der Waals surface area contributed by atoms with Crippen molar-refractivity contribution in [3.63, 3.8) is 0 Å². The van der Waals surface area contributed by atoms with Crippen LogP contribution in [0.5, 0.6) is 0 Å². The molecular formula is C13H27N3O2. The molecule has 0 saturated carbocycles. The molecule has 0 aromatic heterocycles. The van der Waals surface area contributed by atoms with Crippen LogP contribution < -0.4 is 5.73 Å². The molecule has 0 unspecified atom stereocenters. The lowest BCUT2D eigenvalue weighted by atomic mass is 10.0. The van der Waals surface area contributed by atoms with E-state index < -0.39 is 5.60 Å². The summed E-state index contributed by atoms with van der Waals surface area (Å²) in [4.78, 5) is 16.0.